The van der Waals surface area contributed by atoms with Crippen LogP contribution in [0, 0.1) is 11.8 Å². The zero-order valence-corrected chi connectivity index (χ0v) is 13.2. The third kappa shape index (κ3) is 6.38. The molecule has 1 heterocycles. The van der Waals surface area contributed by atoms with E-state index in [1.807, 2.05) is 39.8 Å². The Hall–Kier alpha value is -1.91. The molecule has 1 rings (SSSR count). The summed E-state index contributed by atoms with van der Waals surface area (Å²) in [7, 11) is 0. The highest BCUT2D eigenvalue weighted by molar-refractivity contribution is 5.88. The predicted octanol–water partition coefficient (Wildman–Crippen LogP) is 1.88. The van der Waals surface area contributed by atoms with Crippen LogP contribution in [-0.4, -0.2) is 22.8 Å². The first-order valence-electron chi connectivity index (χ1n) is 7.37. The fourth-order valence-corrected chi connectivity index (χ4v) is 1.86. The topological polar surface area (TPSA) is 71.1 Å². The summed E-state index contributed by atoms with van der Waals surface area (Å²) < 4.78 is 0. The molecule has 5 heteroatoms. The summed E-state index contributed by atoms with van der Waals surface area (Å²) in [5.74, 6) is -0.0591. The SMILES string of the molecule is CC(C)C[C@H](NC(=O)C(C)C)C(=O)NCc1cccnc1. The lowest BCUT2D eigenvalue weighted by Gasteiger charge is -2.21. The molecule has 0 fully saturated rings. The zero-order valence-electron chi connectivity index (χ0n) is 13.2. The Morgan fingerprint density at radius 2 is 1.90 bits per heavy atom. The minimum absolute atomic E-state index is 0.0998. The van der Waals surface area contributed by atoms with E-state index in [1.54, 1.807) is 12.4 Å². The van der Waals surface area contributed by atoms with Crippen LogP contribution in [-0.2, 0) is 16.1 Å². The second-order valence-electron chi connectivity index (χ2n) is 5.92. The number of nitrogens with one attached hydrogen (secondary N) is 2. The average molecular weight is 291 g/mol. The van der Waals surface area contributed by atoms with E-state index in [9.17, 15) is 9.59 Å². The third-order valence-corrected chi connectivity index (χ3v) is 3.05. The minimum Gasteiger partial charge on any atom is -0.350 e. The highest BCUT2D eigenvalue weighted by Crippen LogP contribution is 2.07. The maximum absolute atomic E-state index is 12.3. The van der Waals surface area contributed by atoms with E-state index in [0.717, 1.165) is 5.56 Å². The first kappa shape index (κ1) is 17.1. The van der Waals surface area contributed by atoms with Crippen molar-refractivity contribution in [2.45, 2.75) is 46.7 Å². The van der Waals surface area contributed by atoms with E-state index < -0.39 is 6.04 Å². The van der Waals surface area contributed by atoms with Gasteiger partial charge in [-0.05, 0) is 24.0 Å². The first-order chi connectivity index (χ1) is 9.90. The molecule has 116 valence electrons. The summed E-state index contributed by atoms with van der Waals surface area (Å²) in [6, 6.07) is 3.24. The van der Waals surface area contributed by atoms with Gasteiger partial charge in [0.2, 0.25) is 11.8 Å². The number of hydrogen-bond acceptors (Lipinski definition) is 3. The Morgan fingerprint density at radius 1 is 1.19 bits per heavy atom. The van der Waals surface area contributed by atoms with E-state index in [2.05, 4.69) is 15.6 Å². The van der Waals surface area contributed by atoms with E-state index in [1.165, 1.54) is 0 Å². The average Bonchev–Trinajstić information content (AvgIpc) is 2.44. The van der Waals surface area contributed by atoms with Gasteiger partial charge in [-0.1, -0.05) is 33.8 Å². The van der Waals surface area contributed by atoms with E-state index in [4.69, 9.17) is 0 Å². The van der Waals surface area contributed by atoms with Gasteiger partial charge in [0.1, 0.15) is 6.04 Å². The van der Waals surface area contributed by atoms with E-state index >= 15 is 0 Å². The molecule has 1 atom stereocenters. The molecule has 1 aromatic heterocycles. The van der Waals surface area contributed by atoms with Gasteiger partial charge in [0.15, 0.2) is 0 Å². The van der Waals surface area contributed by atoms with Crippen molar-refractivity contribution in [1.29, 1.82) is 0 Å². The Bertz CT molecular complexity index is 458. The van der Waals surface area contributed by atoms with Gasteiger partial charge in [0.05, 0.1) is 0 Å². The highest BCUT2D eigenvalue weighted by Gasteiger charge is 2.22. The van der Waals surface area contributed by atoms with Crippen LogP contribution in [0.25, 0.3) is 0 Å². The van der Waals surface area contributed by atoms with Gasteiger partial charge in [-0.25, -0.2) is 0 Å². The molecule has 0 spiro atoms. The van der Waals surface area contributed by atoms with Crippen LogP contribution in [0.4, 0.5) is 0 Å². The molecule has 2 N–H and O–H groups in total. The van der Waals surface area contributed by atoms with Crippen molar-refractivity contribution < 1.29 is 9.59 Å². The van der Waals surface area contributed by atoms with Crippen molar-refractivity contribution in [1.82, 2.24) is 15.6 Å². The van der Waals surface area contributed by atoms with Crippen LogP contribution < -0.4 is 10.6 Å². The molecular formula is C16H25N3O2. The van der Waals surface area contributed by atoms with Gasteiger partial charge in [-0.15, -0.1) is 0 Å². The number of carbonyl (C=O) groups is 2. The largest absolute Gasteiger partial charge is 0.350 e. The second-order valence-corrected chi connectivity index (χ2v) is 5.92. The van der Waals surface area contributed by atoms with Gasteiger partial charge < -0.3 is 10.6 Å². The molecule has 0 aliphatic rings. The van der Waals surface area contributed by atoms with Crippen LogP contribution >= 0.6 is 0 Å². The quantitative estimate of drug-likeness (QED) is 0.806. The van der Waals surface area contributed by atoms with Crippen molar-refractivity contribution in [2.24, 2.45) is 11.8 Å². The summed E-state index contributed by atoms with van der Waals surface area (Å²) in [6.45, 7) is 8.11. The summed E-state index contributed by atoms with van der Waals surface area (Å²) in [5, 5.41) is 5.67. The van der Waals surface area contributed by atoms with Crippen molar-refractivity contribution in [3.05, 3.63) is 30.1 Å². The molecule has 0 unspecified atom stereocenters. The number of hydrogen-bond donors (Lipinski definition) is 2. The maximum atomic E-state index is 12.3. The summed E-state index contributed by atoms with van der Waals surface area (Å²) in [4.78, 5) is 28.1. The number of amides is 2. The van der Waals surface area contributed by atoms with Crippen molar-refractivity contribution in [3.8, 4) is 0 Å². The van der Waals surface area contributed by atoms with Crippen molar-refractivity contribution >= 4 is 11.8 Å². The molecule has 0 radical (unpaired) electrons. The van der Waals surface area contributed by atoms with E-state index in [0.29, 0.717) is 18.9 Å². The molecule has 21 heavy (non-hydrogen) atoms. The number of rotatable bonds is 7. The number of carbonyl (C=O) groups excluding carboxylic acids is 2. The second kappa shape index (κ2) is 8.39. The van der Waals surface area contributed by atoms with E-state index in [-0.39, 0.29) is 17.7 Å². The summed E-state index contributed by atoms with van der Waals surface area (Å²) in [5.41, 5.74) is 0.935. The van der Waals surface area contributed by atoms with Gasteiger partial charge in [-0.2, -0.15) is 0 Å². The Kier molecular flexibility index (Phi) is 6.85. The molecule has 0 aliphatic heterocycles. The first-order valence-corrected chi connectivity index (χ1v) is 7.37. The van der Waals surface area contributed by atoms with Crippen molar-refractivity contribution in [2.75, 3.05) is 0 Å². The summed E-state index contributed by atoms with van der Waals surface area (Å²) >= 11 is 0. The zero-order chi connectivity index (χ0) is 15.8. The minimum atomic E-state index is -0.489. The monoisotopic (exact) mass is 291 g/mol. The molecule has 0 aromatic carbocycles. The predicted molar refractivity (Wildman–Crippen MR) is 82.3 cm³/mol. The lowest BCUT2D eigenvalue weighted by atomic mass is 10.0. The molecule has 5 nitrogen and oxygen atoms in total. The molecule has 2 amide bonds. The smallest absolute Gasteiger partial charge is 0.242 e. The molecule has 0 saturated heterocycles. The molecular weight excluding hydrogens is 266 g/mol. The van der Waals surface area contributed by atoms with Gasteiger partial charge in [0.25, 0.3) is 0 Å². The maximum Gasteiger partial charge on any atom is 0.242 e. The van der Waals surface area contributed by atoms with Gasteiger partial charge >= 0.3 is 0 Å². The number of pyridine rings is 1. The molecule has 1 aromatic rings. The molecule has 0 aliphatic carbocycles. The standard InChI is InChI=1S/C16H25N3O2/c1-11(2)8-14(19-15(20)12(3)4)16(21)18-10-13-6-5-7-17-9-13/h5-7,9,11-12,14H,8,10H2,1-4H3,(H,18,21)(H,19,20)/t14-/m0/s1. The lowest BCUT2D eigenvalue weighted by Crippen LogP contribution is -2.48. The van der Waals surface area contributed by atoms with Crippen molar-refractivity contribution in [3.63, 3.8) is 0 Å². The van der Waals surface area contributed by atoms with Gasteiger partial charge in [-0.3, -0.25) is 14.6 Å². The fraction of sp³-hybridized carbons (Fsp3) is 0.562. The van der Waals surface area contributed by atoms with Crippen LogP contribution in [0.5, 0.6) is 0 Å². The Balaban J connectivity index is 2.60. The fourth-order valence-electron chi connectivity index (χ4n) is 1.86. The third-order valence-electron chi connectivity index (χ3n) is 3.05. The lowest BCUT2D eigenvalue weighted by molar-refractivity contribution is -0.131. The normalized spacial score (nSPS) is 12.3. The summed E-state index contributed by atoms with van der Waals surface area (Å²) in [6.07, 6.45) is 4.03. The Labute approximate surface area is 126 Å². The molecule has 0 bridgehead atoms. The van der Waals surface area contributed by atoms with Crippen LogP contribution in [0.2, 0.25) is 0 Å². The number of nitrogens with zero attached hydrogens (tertiary/aromatic N) is 1. The van der Waals surface area contributed by atoms with Gasteiger partial charge in [0, 0.05) is 24.9 Å². The highest BCUT2D eigenvalue weighted by atomic mass is 16.2. The molecule has 0 saturated carbocycles. The van der Waals surface area contributed by atoms with Crippen LogP contribution in [0.15, 0.2) is 24.5 Å². The van der Waals surface area contributed by atoms with Crippen LogP contribution in [0.3, 0.4) is 0 Å². The number of aromatic nitrogens is 1. The van der Waals surface area contributed by atoms with Crippen LogP contribution in [0.1, 0.15) is 39.7 Å². The Morgan fingerprint density at radius 3 is 2.43 bits per heavy atom.